The maximum atomic E-state index is 15.0. The van der Waals surface area contributed by atoms with Crippen molar-refractivity contribution in [3.63, 3.8) is 0 Å². The minimum Gasteiger partial charge on any atom is -0.449 e. The zero-order valence-corrected chi connectivity index (χ0v) is 88.6. The summed E-state index contributed by atoms with van der Waals surface area (Å²) < 4.78 is 69.6. The van der Waals surface area contributed by atoms with Crippen molar-refractivity contribution in [2.45, 2.75) is 264 Å². The largest absolute Gasteiger partial charge is 0.449 e. The molecule has 5 rings (SSSR count). The summed E-state index contributed by atoms with van der Waals surface area (Å²) in [6, 6.07) is -0.119. The van der Waals surface area contributed by atoms with E-state index >= 15 is 4.79 Å². The van der Waals surface area contributed by atoms with Gasteiger partial charge >= 0.3 is 12.1 Å². The van der Waals surface area contributed by atoms with Gasteiger partial charge in [0.15, 0.2) is 0 Å². The molecule has 1 aliphatic heterocycles. The van der Waals surface area contributed by atoms with E-state index in [1.165, 1.54) is 33.1 Å². The fourth-order valence-electron chi connectivity index (χ4n) is 17.9. The van der Waals surface area contributed by atoms with Crippen LogP contribution in [-0.4, -0.2) is 370 Å². The highest BCUT2D eigenvalue weighted by Crippen LogP contribution is 2.52. The van der Waals surface area contributed by atoms with E-state index in [4.69, 9.17) is 62.4 Å². The van der Waals surface area contributed by atoms with Gasteiger partial charge in [0.2, 0.25) is 59.1 Å². The lowest BCUT2D eigenvalue weighted by atomic mass is 9.89. The molecule has 143 heavy (non-hydrogen) atoms. The lowest BCUT2D eigenvalue weighted by molar-refractivity contribution is -0.869. The lowest BCUT2D eigenvalue weighted by Gasteiger charge is -2.41. The summed E-state index contributed by atoms with van der Waals surface area (Å²) in [5.74, 6) is -0.00626. The van der Waals surface area contributed by atoms with E-state index in [0.717, 1.165) is 66.6 Å². The molecule has 1 aromatic rings. The highest BCUT2D eigenvalue weighted by Gasteiger charge is 2.50. The molecule has 0 aromatic heterocycles. The van der Waals surface area contributed by atoms with E-state index < -0.39 is 150 Å². The number of allylic oxidation sites excluding steroid dienone is 1. The molecule has 17 atom stereocenters. The van der Waals surface area contributed by atoms with Crippen LogP contribution in [0.3, 0.4) is 0 Å². The van der Waals surface area contributed by atoms with Crippen molar-refractivity contribution in [1.82, 2.24) is 67.9 Å². The number of rotatable bonds is 72. The third-order valence-corrected chi connectivity index (χ3v) is 26.4. The topological polar surface area (TPSA) is 502 Å². The molecule has 41 nitrogen and oxygen atoms in total. The minimum absolute atomic E-state index is 0.0383. The Morgan fingerprint density at radius 3 is 1.69 bits per heavy atom. The number of urea groups is 1. The van der Waals surface area contributed by atoms with Crippen molar-refractivity contribution in [2.24, 2.45) is 52.5 Å². The van der Waals surface area contributed by atoms with Crippen LogP contribution in [0, 0.1) is 64.7 Å². The van der Waals surface area contributed by atoms with Gasteiger partial charge in [0.1, 0.15) is 48.6 Å². The average Bonchev–Trinajstić information content (AvgIpc) is 1.62. The molecule has 1 saturated heterocycles. The molecular formula is C102H175N16O25+. The number of aliphatic hydroxyl groups excluding tert-OH is 1. The third-order valence-electron chi connectivity index (χ3n) is 26.4. The number of nitrogens with zero attached hydrogens (tertiary/aromatic N) is 5. The SMILES string of the molecule is CC[C@H](C)[C@@H]([C@@H](CC(=O)N1CCC[C@H]1[C@H](OC)[C@@H](C)C(=O)N[C@H](C)[C@@H](O)c1ccccc1)OC)N(C)C(=O)[C@@H](NC(=O)[C@H](C(C)C)N(C)C(=O)NC(=O)[C@H](C)NC(=O)[C@@H](NC(=O)[C@@H](CCCCNC(=O)COC1CCCCC/C(NCCOCCOCCOCCOCCC(=O)NCC[N+](C)(C)C)=C\1N=N)NC(=O)CCOCCOCCOCCOCCNC(=O)OC[C@@H]1[C@@H]2CCC#CCC[C@@H]21)C(C)C)C(C)C. The Labute approximate surface area is 848 Å². The first-order valence-corrected chi connectivity index (χ1v) is 51.6. The zero-order valence-electron chi connectivity index (χ0n) is 88.6. The molecule has 4 aliphatic rings. The van der Waals surface area contributed by atoms with Crippen molar-refractivity contribution >= 4 is 71.2 Å². The number of unbranched alkanes of at least 4 members (excludes halogenated alkanes) is 1. The van der Waals surface area contributed by atoms with Crippen molar-refractivity contribution in [3.05, 3.63) is 47.3 Å². The molecule has 41 heteroatoms. The Bertz CT molecular complexity index is 4060. The molecule has 812 valence electrons. The molecule has 0 bridgehead atoms. The fraction of sp³-hybridized carbons (Fsp3) is 0.784. The fourth-order valence-corrected chi connectivity index (χ4v) is 17.9. The van der Waals surface area contributed by atoms with Gasteiger partial charge in [-0.1, -0.05) is 112 Å². The number of likely N-dealkylation sites (tertiary alicyclic amines) is 1. The normalized spacial score (nSPS) is 19.5. The summed E-state index contributed by atoms with van der Waals surface area (Å²) in [4.78, 5) is 171. The van der Waals surface area contributed by atoms with Gasteiger partial charge in [-0.2, -0.15) is 5.11 Å². The molecule has 1 aromatic carbocycles. The highest BCUT2D eigenvalue weighted by atomic mass is 16.6. The van der Waals surface area contributed by atoms with Crippen LogP contribution in [0.25, 0.3) is 0 Å². The zero-order chi connectivity index (χ0) is 105. The number of carbonyl (C=O) groups is 12. The lowest BCUT2D eigenvalue weighted by Crippen LogP contribution is -2.61. The maximum absolute atomic E-state index is 15.0. The minimum atomic E-state index is -1.40. The summed E-state index contributed by atoms with van der Waals surface area (Å²) in [7, 11) is 12.1. The quantitative estimate of drug-likeness (QED) is 0.0154. The number of imide groups is 1. The van der Waals surface area contributed by atoms with Gasteiger partial charge in [-0.25, -0.2) is 15.1 Å². The standard InChI is InChI=1S/C102H174N16O25/c1-19-71(8)92(83(132-17)65-87(122)117-47-32-39-81(117)94(133-18)72(9)95(124)108-73(10)93(123)75-33-24-22-25-34-75)115(12)100(129)89(69(4)5)112-99(128)91(70(6)7)116(13)101(130)113-96(125)74(11)109-98(127)88(68(2)3)111-97(126)80(110-85(120)42-50-135-54-58-139-62-64-141-60-56-137-52-46-107-102(131)143-66-78-76-35-26-20-21-27-36-77(76)78)38-30-31-43-105-86(121)67-142-82-40-29-23-28-37-79(90(82)114-103)104-45-51-136-55-59-140-63-61-138-57-53-134-49-41-84(119)106-44-48-118(14,15)16/h22,24-25,33-34,68-74,76-78,80-83,88-89,91-94,123H,19,23,26-32,35-67H2,1-18H3,(H10-,103,104,105,106,107,108,109,110,111,112,113,119,120,121,124,125,126,127,128,130,131)/p+1/t71-,72+,73+,74-,76-,77+,78-,80+,81-,82?,83+,88-,89-,91-,92-,93+,94+/m0/s1. The van der Waals surface area contributed by atoms with Crippen LogP contribution >= 0.6 is 0 Å². The van der Waals surface area contributed by atoms with Crippen LogP contribution in [0.4, 0.5) is 9.59 Å². The van der Waals surface area contributed by atoms with Crippen LogP contribution in [0.5, 0.6) is 0 Å². The Morgan fingerprint density at radius 2 is 1.13 bits per heavy atom. The number of fused-ring (bicyclic) bond motifs is 1. The number of likely N-dealkylation sites (N-methyl/N-ethyl adjacent to an activating group) is 3. The second-order valence-corrected chi connectivity index (χ2v) is 39.5. The molecule has 0 spiro atoms. The summed E-state index contributed by atoms with van der Waals surface area (Å²) in [5, 5.41) is 43.1. The summed E-state index contributed by atoms with van der Waals surface area (Å²) in [5.41, 5.74) is 9.95. The Balaban J connectivity index is 1.13. The summed E-state index contributed by atoms with van der Waals surface area (Å²) >= 11 is 0. The molecule has 1 unspecified atom stereocenters. The number of benzene rings is 1. The number of nitrogens with one attached hydrogen (secondary N) is 11. The Kier molecular flexibility index (Phi) is 60.0. The van der Waals surface area contributed by atoms with Crippen molar-refractivity contribution in [1.29, 1.82) is 5.53 Å². The van der Waals surface area contributed by atoms with E-state index in [9.17, 15) is 57.8 Å². The van der Waals surface area contributed by atoms with E-state index in [-0.39, 0.29) is 102 Å². The number of alkyl carbamates (subject to hydrolysis) is 1. The van der Waals surface area contributed by atoms with Crippen LogP contribution in [0.15, 0.2) is 46.8 Å². The van der Waals surface area contributed by atoms with Crippen molar-refractivity contribution in [3.8, 4) is 11.8 Å². The smallest absolute Gasteiger partial charge is 0.407 e. The average molecular weight is 2030 g/mol. The number of quaternary nitrogens is 1. The first-order chi connectivity index (χ1) is 68.4. The number of carbonyl (C=O) groups excluding carboxylic acids is 12. The Hall–Kier alpha value is -9.16. The molecule has 2 fully saturated rings. The number of amides is 13. The Morgan fingerprint density at radius 1 is 0.566 bits per heavy atom. The monoisotopic (exact) mass is 2020 g/mol. The predicted octanol–water partition coefficient (Wildman–Crippen LogP) is 5.98. The first-order valence-electron chi connectivity index (χ1n) is 51.6. The second-order valence-electron chi connectivity index (χ2n) is 39.5. The molecule has 1 saturated carbocycles. The molecule has 3 aliphatic carbocycles. The number of ether oxygens (including phenoxy) is 12. The van der Waals surface area contributed by atoms with Crippen LogP contribution < -0.4 is 53.2 Å². The van der Waals surface area contributed by atoms with Crippen molar-refractivity contribution in [2.75, 3.05) is 208 Å². The second kappa shape index (κ2) is 69.1. The molecule has 12 N–H and O–H groups in total. The van der Waals surface area contributed by atoms with E-state index in [2.05, 4.69) is 91.3 Å². The van der Waals surface area contributed by atoms with Gasteiger partial charge in [0, 0.05) is 85.9 Å². The van der Waals surface area contributed by atoms with Gasteiger partial charge < -0.3 is 129 Å². The maximum Gasteiger partial charge on any atom is 0.407 e. The highest BCUT2D eigenvalue weighted by molar-refractivity contribution is 6.01. The van der Waals surface area contributed by atoms with Crippen molar-refractivity contribution < 1.29 is 124 Å². The summed E-state index contributed by atoms with van der Waals surface area (Å²) in [6.07, 6.45) is 6.49. The molecule has 13 amide bonds. The molecule has 0 radical (unpaired) electrons. The number of aliphatic hydroxyl groups is 1. The number of methoxy groups -OCH3 is 2. The first kappa shape index (κ1) is 124. The van der Waals surface area contributed by atoms with Gasteiger partial charge in [0.05, 0.1) is 195 Å². The summed E-state index contributed by atoms with van der Waals surface area (Å²) in [6.45, 7) is 26.3. The van der Waals surface area contributed by atoms with E-state index in [1.807, 2.05) is 32.0 Å². The van der Waals surface area contributed by atoms with Crippen LogP contribution in [-0.2, 0) is 105 Å². The van der Waals surface area contributed by atoms with Crippen LogP contribution in [0.2, 0.25) is 0 Å². The molecule has 1 heterocycles. The number of hydrogen-bond donors (Lipinski definition) is 12. The van der Waals surface area contributed by atoms with E-state index in [1.54, 1.807) is 79.5 Å². The molecular weight excluding hydrogens is 1850 g/mol. The number of hydrogen-bond acceptors (Lipinski definition) is 28. The van der Waals surface area contributed by atoms with Gasteiger partial charge in [-0.05, 0) is 125 Å². The van der Waals surface area contributed by atoms with E-state index in [0.29, 0.717) is 173 Å². The van der Waals surface area contributed by atoms with Gasteiger partial charge in [-0.15, -0.1) is 11.8 Å². The third kappa shape index (κ3) is 46.6. The predicted molar refractivity (Wildman–Crippen MR) is 536 cm³/mol. The van der Waals surface area contributed by atoms with Crippen LogP contribution in [0.1, 0.15) is 203 Å². The van der Waals surface area contributed by atoms with Gasteiger partial charge in [0.25, 0.3) is 0 Å². The van der Waals surface area contributed by atoms with Gasteiger partial charge in [-0.3, -0.25) is 53.3 Å².